The Labute approximate surface area is 212 Å². The van der Waals surface area contributed by atoms with Crippen molar-refractivity contribution in [3.05, 3.63) is 57.8 Å². The summed E-state index contributed by atoms with van der Waals surface area (Å²) in [5.41, 5.74) is 8.56. The topological polar surface area (TPSA) is 87.9 Å². The number of rotatable bonds is 9. The number of aryl methyl sites for hydroxylation is 1. The molecule has 1 saturated heterocycles. The largest absolute Gasteiger partial charge is 0.375 e. The number of hydrogen-bond acceptors (Lipinski definition) is 6. The van der Waals surface area contributed by atoms with E-state index in [1.807, 2.05) is 0 Å². The summed E-state index contributed by atoms with van der Waals surface area (Å²) in [7, 11) is 1.52. The van der Waals surface area contributed by atoms with Crippen molar-refractivity contribution in [2.24, 2.45) is 5.73 Å². The van der Waals surface area contributed by atoms with Gasteiger partial charge in [-0.3, -0.25) is 14.5 Å². The molecule has 0 spiro atoms. The minimum atomic E-state index is -0.485. The zero-order chi connectivity index (χ0) is 24.8. The van der Waals surface area contributed by atoms with Crippen LogP contribution in [0, 0.1) is 6.92 Å². The smallest absolute Gasteiger partial charge is 0.249 e. The van der Waals surface area contributed by atoms with Crippen molar-refractivity contribution in [3.8, 4) is 0 Å². The lowest BCUT2D eigenvalue weighted by atomic mass is 9.91. The van der Waals surface area contributed by atoms with E-state index >= 15 is 0 Å². The zero-order valence-corrected chi connectivity index (χ0v) is 21.6. The molecule has 2 aliphatic rings. The van der Waals surface area contributed by atoms with Gasteiger partial charge >= 0.3 is 0 Å². The van der Waals surface area contributed by atoms with Crippen LogP contribution in [0.25, 0.3) is 0 Å². The van der Waals surface area contributed by atoms with Gasteiger partial charge in [-0.25, -0.2) is 0 Å². The number of hydrogen-bond donors (Lipinski definition) is 2. The van der Waals surface area contributed by atoms with Crippen molar-refractivity contribution >= 4 is 23.2 Å². The van der Waals surface area contributed by atoms with Gasteiger partial charge in [-0.15, -0.1) is 11.3 Å². The van der Waals surface area contributed by atoms with E-state index in [4.69, 9.17) is 10.5 Å². The van der Waals surface area contributed by atoms with E-state index in [2.05, 4.69) is 58.9 Å². The molecule has 8 heteroatoms. The van der Waals surface area contributed by atoms with Gasteiger partial charge in [0.15, 0.2) is 0 Å². The SMILES string of the molecule is COCC(=O)N1CC(N(Cc2cccs2)Cc2ccccc2C)CC1C(=O)NC1CCC(N)CC1. The number of thiophene rings is 1. The van der Waals surface area contributed by atoms with Crippen LogP contribution in [0.4, 0.5) is 0 Å². The summed E-state index contributed by atoms with van der Waals surface area (Å²) in [6.45, 7) is 4.20. The Morgan fingerprint density at radius 3 is 2.60 bits per heavy atom. The van der Waals surface area contributed by atoms with E-state index in [-0.39, 0.29) is 36.5 Å². The number of benzene rings is 1. The zero-order valence-electron chi connectivity index (χ0n) is 20.8. The summed E-state index contributed by atoms with van der Waals surface area (Å²) >= 11 is 1.74. The van der Waals surface area contributed by atoms with Crippen LogP contribution in [0.15, 0.2) is 41.8 Å². The van der Waals surface area contributed by atoms with Gasteiger partial charge in [0.2, 0.25) is 11.8 Å². The van der Waals surface area contributed by atoms with Crippen molar-refractivity contribution in [3.63, 3.8) is 0 Å². The maximum atomic E-state index is 13.4. The van der Waals surface area contributed by atoms with E-state index < -0.39 is 6.04 Å². The summed E-state index contributed by atoms with van der Waals surface area (Å²) in [5, 5.41) is 5.32. The van der Waals surface area contributed by atoms with Crippen molar-refractivity contribution in [1.82, 2.24) is 15.1 Å². The Hall–Kier alpha value is -2.26. The Balaban J connectivity index is 1.53. The molecule has 2 unspecified atom stereocenters. The van der Waals surface area contributed by atoms with E-state index in [1.54, 1.807) is 16.2 Å². The number of amides is 2. The Morgan fingerprint density at radius 2 is 1.91 bits per heavy atom. The molecule has 1 saturated carbocycles. The minimum Gasteiger partial charge on any atom is -0.375 e. The van der Waals surface area contributed by atoms with E-state index in [9.17, 15) is 9.59 Å². The summed E-state index contributed by atoms with van der Waals surface area (Å²) in [5.74, 6) is -0.183. The van der Waals surface area contributed by atoms with Crippen LogP contribution < -0.4 is 11.1 Å². The average Bonchev–Trinajstić information content (AvgIpc) is 3.52. The molecule has 4 rings (SSSR count). The van der Waals surface area contributed by atoms with Crippen molar-refractivity contribution in [2.75, 3.05) is 20.3 Å². The fourth-order valence-corrected chi connectivity index (χ4v) is 6.02. The van der Waals surface area contributed by atoms with Crippen molar-refractivity contribution in [1.29, 1.82) is 0 Å². The van der Waals surface area contributed by atoms with Gasteiger partial charge in [0.25, 0.3) is 0 Å². The molecular formula is C27H38N4O3S. The van der Waals surface area contributed by atoms with Crippen molar-refractivity contribution < 1.29 is 14.3 Å². The van der Waals surface area contributed by atoms with Gasteiger partial charge in [-0.05, 0) is 61.6 Å². The van der Waals surface area contributed by atoms with Crippen LogP contribution in [0.1, 0.15) is 48.1 Å². The molecule has 190 valence electrons. The lowest BCUT2D eigenvalue weighted by Crippen LogP contribution is -2.50. The van der Waals surface area contributed by atoms with E-state index in [0.717, 1.165) is 38.8 Å². The molecule has 2 amide bonds. The molecule has 2 atom stereocenters. The molecular weight excluding hydrogens is 460 g/mol. The van der Waals surface area contributed by atoms with E-state index in [0.29, 0.717) is 13.0 Å². The van der Waals surface area contributed by atoms with Crippen LogP contribution in [0.3, 0.4) is 0 Å². The molecule has 3 N–H and O–H groups in total. The van der Waals surface area contributed by atoms with Gasteiger partial charge in [0.1, 0.15) is 12.6 Å². The summed E-state index contributed by atoms with van der Waals surface area (Å²) < 4.78 is 5.15. The first kappa shape index (κ1) is 25.8. The number of likely N-dealkylation sites (tertiary alicyclic amines) is 1. The summed E-state index contributed by atoms with van der Waals surface area (Å²) in [4.78, 5) is 31.8. The molecule has 7 nitrogen and oxygen atoms in total. The first-order chi connectivity index (χ1) is 16.9. The lowest BCUT2D eigenvalue weighted by molar-refractivity contribution is -0.141. The highest BCUT2D eigenvalue weighted by Crippen LogP contribution is 2.28. The Bertz CT molecular complexity index is 975. The normalized spacial score (nSPS) is 24.6. The van der Waals surface area contributed by atoms with Gasteiger partial charge in [-0.2, -0.15) is 0 Å². The highest BCUT2D eigenvalue weighted by Gasteiger charge is 2.42. The molecule has 1 aliphatic heterocycles. The number of carbonyl (C=O) groups excluding carboxylic acids is 2. The predicted molar refractivity (Wildman–Crippen MR) is 139 cm³/mol. The number of ether oxygens (including phenoxy) is 1. The maximum absolute atomic E-state index is 13.4. The quantitative estimate of drug-likeness (QED) is 0.555. The van der Waals surface area contributed by atoms with Gasteiger partial charge in [0, 0.05) is 49.7 Å². The third-order valence-corrected chi connectivity index (χ3v) is 8.24. The number of methoxy groups -OCH3 is 1. The van der Waals surface area contributed by atoms with Crippen LogP contribution in [0.2, 0.25) is 0 Å². The first-order valence-electron chi connectivity index (χ1n) is 12.6. The minimum absolute atomic E-state index is 0.0164. The van der Waals surface area contributed by atoms with Crippen LogP contribution in [0.5, 0.6) is 0 Å². The molecule has 2 fully saturated rings. The monoisotopic (exact) mass is 498 g/mol. The van der Waals surface area contributed by atoms with E-state index in [1.165, 1.54) is 23.1 Å². The fraction of sp³-hybridized carbons (Fsp3) is 0.556. The van der Waals surface area contributed by atoms with Gasteiger partial charge < -0.3 is 20.7 Å². The number of nitrogens with zero attached hydrogens (tertiary/aromatic N) is 2. The molecule has 0 bridgehead atoms. The summed E-state index contributed by atoms with van der Waals surface area (Å²) in [6, 6.07) is 12.6. The van der Waals surface area contributed by atoms with Gasteiger partial charge in [-0.1, -0.05) is 30.3 Å². The molecule has 1 aromatic carbocycles. The number of carbonyl (C=O) groups is 2. The average molecular weight is 499 g/mol. The number of nitrogens with two attached hydrogens (primary N) is 1. The van der Waals surface area contributed by atoms with Gasteiger partial charge in [0.05, 0.1) is 0 Å². The standard InChI is InChI=1S/C27H38N4O3S/c1-19-6-3-4-7-20(19)15-30(17-24-8-5-13-35-24)23-14-25(31(16-23)26(32)18-34-2)27(33)29-22-11-9-21(28)10-12-22/h3-8,13,21-23,25H,9-12,14-18,28H2,1-2H3,(H,29,33). The Kier molecular flexibility index (Phi) is 8.94. The highest BCUT2D eigenvalue weighted by atomic mass is 32.1. The Morgan fingerprint density at radius 1 is 1.14 bits per heavy atom. The third-order valence-electron chi connectivity index (χ3n) is 7.38. The second-order valence-electron chi connectivity index (χ2n) is 9.92. The number of nitrogens with one attached hydrogen (secondary N) is 1. The lowest BCUT2D eigenvalue weighted by Gasteiger charge is -2.30. The maximum Gasteiger partial charge on any atom is 0.249 e. The molecule has 35 heavy (non-hydrogen) atoms. The third kappa shape index (κ3) is 6.70. The molecule has 1 aromatic heterocycles. The molecule has 1 aliphatic carbocycles. The van der Waals surface area contributed by atoms with Crippen LogP contribution in [-0.4, -0.2) is 66.0 Å². The predicted octanol–water partition coefficient (Wildman–Crippen LogP) is 3.06. The van der Waals surface area contributed by atoms with Crippen LogP contribution >= 0.6 is 11.3 Å². The molecule has 2 heterocycles. The van der Waals surface area contributed by atoms with Crippen molar-refractivity contribution in [2.45, 2.75) is 76.3 Å². The van der Waals surface area contributed by atoms with Crippen LogP contribution in [-0.2, 0) is 27.4 Å². The summed E-state index contributed by atoms with van der Waals surface area (Å²) in [6.07, 6.45) is 4.26. The molecule has 0 radical (unpaired) electrons. The molecule has 2 aromatic rings. The first-order valence-corrected chi connectivity index (χ1v) is 13.5. The highest BCUT2D eigenvalue weighted by molar-refractivity contribution is 7.09. The second-order valence-corrected chi connectivity index (χ2v) is 10.9. The second kappa shape index (κ2) is 12.1. The fourth-order valence-electron chi connectivity index (χ4n) is 5.29.